The van der Waals surface area contributed by atoms with Crippen molar-refractivity contribution >= 4 is 18.3 Å². The largest absolute Gasteiger partial charge is 0.349 e. The molecule has 2 saturated carbocycles. The molecule has 6 nitrogen and oxygen atoms in total. The second-order valence-electron chi connectivity index (χ2n) is 7.50. The topological polar surface area (TPSA) is 96.7 Å². The van der Waals surface area contributed by atoms with Crippen molar-refractivity contribution in [1.29, 1.82) is 0 Å². The summed E-state index contributed by atoms with van der Waals surface area (Å²) in [6, 6.07) is 8.06. The first-order valence-corrected chi connectivity index (χ1v) is 9.16. The fraction of sp³-hybridized carbons (Fsp3) is 0.526. The monoisotopic (exact) mass is 375 g/mol. The maximum atomic E-state index is 12.7. The minimum absolute atomic E-state index is 0. The van der Waals surface area contributed by atoms with Gasteiger partial charge in [0.15, 0.2) is 5.82 Å². The molecule has 4 N–H and O–H groups in total. The molecule has 1 aromatic heterocycles. The standard InChI is InChI=1S/C19H25N5O.ClH/c1-11-21-18(24-23-11)12-5-7-13(8-6-12)19(25)22-17-14-3-2-4-15(17)10-16(20)9-14;/h5-8,14-17H,2-4,9-10,20H2,1H3,(H,22,25)(H,21,23,24);1H. The number of aryl methyl sites for hydroxylation is 1. The number of hydrogen-bond donors (Lipinski definition) is 3. The lowest BCUT2D eigenvalue weighted by atomic mass is 9.67. The molecule has 0 spiro atoms. The Labute approximate surface area is 159 Å². The summed E-state index contributed by atoms with van der Waals surface area (Å²) in [6.07, 6.45) is 5.69. The zero-order chi connectivity index (χ0) is 17.4. The molecule has 2 bridgehead atoms. The van der Waals surface area contributed by atoms with Gasteiger partial charge in [0.25, 0.3) is 5.91 Å². The zero-order valence-corrected chi connectivity index (χ0v) is 15.8. The minimum atomic E-state index is 0. The van der Waals surface area contributed by atoms with Gasteiger partial charge in [-0.05, 0) is 56.6 Å². The zero-order valence-electron chi connectivity index (χ0n) is 14.9. The van der Waals surface area contributed by atoms with Crippen LogP contribution in [0.15, 0.2) is 24.3 Å². The Morgan fingerprint density at radius 2 is 1.85 bits per heavy atom. The van der Waals surface area contributed by atoms with Crippen LogP contribution in [-0.4, -0.2) is 33.2 Å². The number of amides is 1. The van der Waals surface area contributed by atoms with Gasteiger partial charge in [0, 0.05) is 23.2 Å². The number of nitrogens with two attached hydrogens (primary N) is 1. The van der Waals surface area contributed by atoms with Crippen LogP contribution < -0.4 is 11.1 Å². The number of nitrogens with one attached hydrogen (secondary N) is 2. The van der Waals surface area contributed by atoms with E-state index in [0.29, 0.717) is 29.3 Å². The molecule has 140 valence electrons. The Bertz CT molecular complexity index is 746. The van der Waals surface area contributed by atoms with Crippen molar-refractivity contribution in [3.8, 4) is 11.4 Å². The number of hydrogen-bond acceptors (Lipinski definition) is 4. The Morgan fingerprint density at radius 1 is 1.19 bits per heavy atom. The second-order valence-corrected chi connectivity index (χ2v) is 7.50. The number of carbonyl (C=O) groups excluding carboxylic acids is 1. The molecule has 1 amide bonds. The summed E-state index contributed by atoms with van der Waals surface area (Å²) in [5.74, 6) is 2.50. The SMILES string of the molecule is Cc1nc(-c2ccc(C(=O)NC3C4CCCC3CC(N)C4)cc2)n[nH]1.Cl. The molecular formula is C19H26ClN5O. The number of rotatable bonds is 3. The number of H-pyrrole nitrogens is 1. The van der Waals surface area contributed by atoms with E-state index in [0.717, 1.165) is 24.2 Å². The van der Waals surface area contributed by atoms with Crippen LogP contribution in [0.2, 0.25) is 0 Å². The van der Waals surface area contributed by atoms with Gasteiger partial charge in [0.1, 0.15) is 5.82 Å². The maximum Gasteiger partial charge on any atom is 0.251 e. The van der Waals surface area contributed by atoms with Gasteiger partial charge in [-0.25, -0.2) is 4.98 Å². The van der Waals surface area contributed by atoms with E-state index in [-0.39, 0.29) is 24.4 Å². The first-order chi connectivity index (χ1) is 12.1. The van der Waals surface area contributed by atoms with Crippen molar-refractivity contribution in [3.63, 3.8) is 0 Å². The molecule has 4 rings (SSSR count). The molecule has 0 radical (unpaired) electrons. The van der Waals surface area contributed by atoms with Crippen LogP contribution in [0.3, 0.4) is 0 Å². The summed E-state index contributed by atoms with van der Waals surface area (Å²) in [5.41, 5.74) is 7.76. The average molecular weight is 376 g/mol. The third-order valence-electron chi connectivity index (χ3n) is 5.68. The highest BCUT2D eigenvalue weighted by atomic mass is 35.5. The minimum Gasteiger partial charge on any atom is -0.349 e. The lowest BCUT2D eigenvalue weighted by molar-refractivity contribution is 0.0756. The number of aromatic nitrogens is 3. The molecule has 7 heteroatoms. The maximum absolute atomic E-state index is 12.7. The Hall–Kier alpha value is -1.92. The molecule has 0 saturated heterocycles. The Morgan fingerprint density at radius 3 is 2.42 bits per heavy atom. The number of benzene rings is 1. The van der Waals surface area contributed by atoms with Crippen molar-refractivity contribution in [1.82, 2.24) is 20.5 Å². The van der Waals surface area contributed by atoms with Gasteiger partial charge in [-0.3, -0.25) is 9.89 Å². The molecule has 2 atom stereocenters. The third-order valence-corrected chi connectivity index (χ3v) is 5.68. The van der Waals surface area contributed by atoms with Crippen molar-refractivity contribution in [3.05, 3.63) is 35.7 Å². The quantitative estimate of drug-likeness (QED) is 0.768. The van der Waals surface area contributed by atoms with E-state index in [9.17, 15) is 4.79 Å². The summed E-state index contributed by atoms with van der Waals surface area (Å²) in [5, 5.41) is 10.3. The summed E-state index contributed by atoms with van der Waals surface area (Å²) in [4.78, 5) is 17.0. The smallest absolute Gasteiger partial charge is 0.251 e. The predicted molar refractivity (Wildman–Crippen MR) is 103 cm³/mol. The van der Waals surface area contributed by atoms with Gasteiger partial charge in [0.05, 0.1) is 0 Å². The van der Waals surface area contributed by atoms with E-state index >= 15 is 0 Å². The number of aromatic amines is 1. The van der Waals surface area contributed by atoms with E-state index in [1.54, 1.807) is 0 Å². The normalized spacial score (nSPS) is 27.5. The first-order valence-electron chi connectivity index (χ1n) is 9.16. The second kappa shape index (κ2) is 7.76. The van der Waals surface area contributed by atoms with Crippen molar-refractivity contribution < 1.29 is 4.79 Å². The average Bonchev–Trinajstić information content (AvgIpc) is 3.02. The van der Waals surface area contributed by atoms with E-state index in [1.165, 1.54) is 19.3 Å². The molecule has 26 heavy (non-hydrogen) atoms. The summed E-state index contributed by atoms with van der Waals surface area (Å²) in [7, 11) is 0. The van der Waals surface area contributed by atoms with Crippen LogP contribution in [0, 0.1) is 18.8 Å². The fourth-order valence-corrected chi connectivity index (χ4v) is 4.50. The summed E-state index contributed by atoms with van der Waals surface area (Å²) >= 11 is 0. The highest BCUT2D eigenvalue weighted by Crippen LogP contribution is 2.39. The number of fused-ring (bicyclic) bond motifs is 2. The predicted octanol–water partition coefficient (Wildman–Crippen LogP) is 2.84. The van der Waals surface area contributed by atoms with E-state index < -0.39 is 0 Å². The van der Waals surface area contributed by atoms with Crippen LogP contribution in [-0.2, 0) is 0 Å². The molecule has 2 unspecified atom stereocenters. The highest BCUT2D eigenvalue weighted by molar-refractivity contribution is 5.94. The third kappa shape index (κ3) is 3.76. The van der Waals surface area contributed by atoms with Gasteiger partial charge in [-0.15, -0.1) is 12.4 Å². The van der Waals surface area contributed by atoms with Crippen LogP contribution in [0.5, 0.6) is 0 Å². The number of nitrogens with zero attached hydrogens (tertiary/aromatic N) is 2. The molecular weight excluding hydrogens is 350 g/mol. The van der Waals surface area contributed by atoms with Crippen LogP contribution in [0.4, 0.5) is 0 Å². The molecule has 2 aromatic rings. The molecule has 0 aliphatic heterocycles. The van der Waals surface area contributed by atoms with E-state index in [2.05, 4.69) is 20.5 Å². The molecule has 2 aliphatic carbocycles. The van der Waals surface area contributed by atoms with Gasteiger partial charge < -0.3 is 11.1 Å². The van der Waals surface area contributed by atoms with Crippen molar-refractivity contribution in [2.75, 3.05) is 0 Å². The first kappa shape index (κ1) is 18.9. The molecule has 1 aromatic carbocycles. The van der Waals surface area contributed by atoms with Crippen LogP contribution in [0.1, 0.15) is 48.3 Å². The highest BCUT2D eigenvalue weighted by Gasteiger charge is 2.39. The van der Waals surface area contributed by atoms with E-state index in [1.807, 2.05) is 31.2 Å². The fourth-order valence-electron chi connectivity index (χ4n) is 4.50. The molecule has 2 aliphatic rings. The van der Waals surface area contributed by atoms with Crippen molar-refractivity contribution in [2.45, 2.75) is 51.1 Å². The lowest BCUT2D eigenvalue weighted by Gasteiger charge is -2.45. The van der Waals surface area contributed by atoms with Gasteiger partial charge in [-0.1, -0.05) is 18.6 Å². The Kier molecular flexibility index (Phi) is 5.63. The van der Waals surface area contributed by atoms with Crippen LogP contribution in [0.25, 0.3) is 11.4 Å². The number of halogens is 1. The van der Waals surface area contributed by atoms with Gasteiger partial charge >= 0.3 is 0 Å². The van der Waals surface area contributed by atoms with Crippen molar-refractivity contribution in [2.24, 2.45) is 17.6 Å². The lowest BCUT2D eigenvalue weighted by Crippen LogP contribution is -2.53. The summed E-state index contributed by atoms with van der Waals surface area (Å²) < 4.78 is 0. The Balaban J connectivity index is 0.00000196. The number of carbonyl (C=O) groups is 1. The van der Waals surface area contributed by atoms with Gasteiger partial charge in [0.2, 0.25) is 0 Å². The molecule has 1 heterocycles. The molecule has 2 fully saturated rings. The van der Waals surface area contributed by atoms with E-state index in [4.69, 9.17) is 5.73 Å². The van der Waals surface area contributed by atoms with Crippen LogP contribution >= 0.6 is 12.4 Å². The van der Waals surface area contributed by atoms with Gasteiger partial charge in [-0.2, -0.15) is 5.10 Å². The summed E-state index contributed by atoms with van der Waals surface area (Å²) in [6.45, 7) is 1.87.